The Bertz CT molecular complexity index is 714. The second kappa shape index (κ2) is 10.2. The quantitative estimate of drug-likeness (QED) is 0.308. The minimum atomic E-state index is -0.922. The molecule has 1 atom stereocenters. The molecule has 0 aliphatic carbocycles. The lowest BCUT2D eigenvalue weighted by Gasteiger charge is -2.13. The Labute approximate surface area is 155 Å². The maximum Gasteiger partial charge on any atom is 0.193 e. The summed E-state index contributed by atoms with van der Waals surface area (Å²) in [7, 11) is 1.57. The number of likely N-dealkylation sites (N-methyl/N-ethyl adjacent to an activating group) is 1. The number of benzene rings is 1. The SMILES string of the molecule is CNC(=C(Cl)C=N)C(/C=C/C(CN)Cc1ccc(F)c(F)c1)=C(/O)Cl. The molecule has 8 heteroatoms. The predicted molar refractivity (Wildman–Crippen MR) is 98.0 cm³/mol. The van der Waals surface area contributed by atoms with Crippen LogP contribution in [0.5, 0.6) is 0 Å². The first-order valence-electron chi connectivity index (χ1n) is 7.33. The number of rotatable bonds is 8. The zero-order valence-electron chi connectivity index (χ0n) is 13.5. The van der Waals surface area contributed by atoms with Crippen molar-refractivity contribution >= 4 is 29.4 Å². The van der Waals surface area contributed by atoms with Gasteiger partial charge in [0, 0.05) is 13.3 Å². The van der Waals surface area contributed by atoms with Crippen LogP contribution in [0.25, 0.3) is 0 Å². The largest absolute Gasteiger partial charge is 0.498 e. The van der Waals surface area contributed by atoms with Crippen molar-refractivity contribution in [2.75, 3.05) is 13.6 Å². The van der Waals surface area contributed by atoms with Crippen molar-refractivity contribution in [1.82, 2.24) is 5.32 Å². The molecule has 1 aromatic rings. The molecule has 25 heavy (non-hydrogen) atoms. The zero-order valence-corrected chi connectivity index (χ0v) is 15.0. The Morgan fingerprint density at radius 3 is 2.52 bits per heavy atom. The molecular weight excluding hydrogens is 371 g/mol. The molecule has 1 rings (SSSR count). The highest BCUT2D eigenvalue weighted by Crippen LogP contribution is 2.22. The van der Waals surface area contributed by atoms with E-state index in [0.29, 0.717) is 12.0 Å². The highest BCUT2D eigenvalue weighted by Gasteiger charge is 2.12. The molecule has 0 heterocycles. The minimum absolute atomic E-state index is 0.0549. The Morgan fingerprint density at radius 1 is 1.36 bits per heavy atom. The van der Waals surface area contributed by atoms with Gasteiger partial charge in [-0.3, -0.25) is 0 Å². The van der Waals surface area contributed by atoms with E-state index in [2.05, 4.69) is 5.32 Å². The van der Waals surface area contributed by atoms with Crippen LogP contribution in [0.1, 0.15) is 5.56 Å². The lowest BCUT2D eigenvalue weighted by Crippen LogP contribution is -2.16. The molecule has 0 spiro atoms. The van der Waals surface area contributed by atoms with E-state index in [1.54, 1.807) is 13.1 Å². The van der Waals surface area contributed by atoms with E-state index in [4.69, 9.17) is 34.3 Å². The first-order valence-corrected chi connectivity index (χ1v) is 8.08. The topological polar surface area (TPSA) is 82.1 Å². The molecule has 0 aromatic heterocycles. The van der Waals surface area contributed by atoms with Crippen LogP contribution >= 0.6 is 23.2 Å². The monoisotopic (exact) mass is 389 g/mol. The Balaban J connectivity index is 3.06. The summed E-state index contributed by atoms with van der Waals surface area (Å²) in [5, 5.41) is 19.2. The highest BCUT2D eigenvalue weighted by molar-refractivity contribution is 6.39. The standard InChI is InChI=1S/C17H19Cl2F2N3O/c1-24-16(13(18)9-23)12(17(19)25)4-2-11(8-22)6-10-3-5-14(20)15(21)7-10/h2-5,7,9,11,23-25H,6,8,22H2,1H3/b4-2+,16-13?,17-12+,23-9?. The lowest BCUT2D eigenvalue weighted by atomic mass is 9.97. The summed E-state index contributed by atoms with van der Waals surface area (Å²) >= 11 is 11.6. The van der Waals surface area contributed by atoms with Gasteiger partial charge in [0.1, 0.15) is 0 Å². The van der Waals surface area contributed by atoms with Crippen molar-refractivity contribution in [3.05, 3.63) is 69.1 Å². The normalized spacial score (nSPS) is 14.8. The van der Waals surface area contributed by atoms with Gasteiger partial charge in [-0.1, -0.05) is 29.8 Å². The summed E-state index contributed by atoms with van der Waals surface area (Å²) in [6.07, 6.45) is 4.47. The third-order valence-corrected chi connectivity index (χ3v) is 3.93. The summed E-state index contributed by atoms with van der Waals surface area (Å²) in [6.45, 7) is 0.239. The number of hydrogen-bond donors (Lipinski definition) is 4. The van der Waals surface area contributed by atoms with Gasteiger partial charge in [0.05, 0.1) is 16.3 Å². The summed E-state index contributed by atoms with van der Waals surface area (Å²) in [6, 6.07) is 3.66. The van der Waals surface area contributed by atoms with E-state index in [0.717, 1.165) is 18.3 Å². The fourth-order valence-electron chi connectivity index (χ4n) is 2.14. The molecule has 1 unspecified atom stereocenters. The molecule has 0 saturated carbocycles. The van der Waals surface area contributed by atoms with Crippen molar-refractivity contribution < 1.29 is 13.9 Å². The van der Waals surface area contributed by atoms with Crippen LogP contribution in [0.2, 0.25) is 0 Å². The van der Waals surface area contributed by atoms with E-state index in [1.807, 2.05) is 0 Å². The van der Waals surface area contributed by atoms with E-state index >= 15 is 0 Å². The number of nitrogens with one attached hydrogen (secondary N) is 2. The van der Waals surface area contributed by atoms with Gasteiger partial charge in [0.25, 0.3) is 0 Å². The molecule has 0 aliphatic rings. The molecule has 0 bridgehead atoms. The summed E-state index contributed by atoms with van der Waals surface area (Å²) in [4.78, 5) is 0. The molecule has 0 aliphatic heterocycles. The maximum absolute atomic E-state index is 13.3. The van der Waals surface area contributed by atoms with Crippen molar-refractivity contribution in [3.8, 4) is 0 Å². The predicted octanol–water partition coefficient (Wildman–Crippen LogP) is 3.97. The van der Waals surface area contributed by atoms with Crippen LogP contribution in [-0.2, 0) is 6.42 Å². The van der Waals surface area contributed by atoms with Crippen molar-refractivity contribution in [2.24, 2.45) is 11.7 Å². The van der Waals surface area contributed by atoms with Crippen molar-refractivity contribution in [3.63, 3.8) is 0 Å². The van der Waals surface area contributed by atoms with Crippen molar-refractivity contribution in [1.29, 1.82) is 5.41 Å². The van der Waals surface area contributed by atoms with E-state index in [9.17, 15) is 13.9 Å². The maximum atomic E-state index is 13.3. The van der Waals surface area contributed by atoms with Gasteiger partial charge < -0.3 is 21.6 Å². The smallest absolute Gasteiger partial charge is 0.193 e. The van der Waals surface area contributed by atoms with E-state index in [1.165, 1.54) is 12.1 Å². The van der Waals surface area contributed by atoms with Gasteiger partial charge in [-0.15, -0.1) is 0 Å². The second-order valence-corrected chi connectivity index (χ2v) is 5.89. The highest BCUT2D eigenvalue weighted by atomic mass is 35.5. The number of nitrogens with two attached hydrogens (primary N) is 1. The fourth-order valence-corrected chi connectivity index (χ4v) is 2.50. The van der Waals surface area contributed by atoms with Gasteiger partial charge in [-0.25, -0.2) is 8.78 Å². The van der Waals surface area contributed by atoms with Crippen LogP contribution in [0, 0.1) is 23.0 Å². The first kappa shape index (κ1) is 21.2. The molecule has 0 fully saturated rings. The van der Waals surface area contributed by atoms with Crippen LogP contribution in [-0.4, -0.2) is 24.9 Å². The van der Waals surface area contributed by atoms with Gasteiger partial charge in [0.15, 0.2) is 16.9 Å². The first-order chi connectivity index (χ1) is 11.8. The Morgan fingerprint density at radius 2 is 2.04 bits per heavy atom. The summed E-state index contributed by atoms with van der Waals surface area (Å²) < 4.78 is 26.3. The van der Waals surface area contributed by atoms with Gasteiger partial charge >= 0.3 is 0 Å². The van der Waals surface area contributed by atoms with Gasteiger partial charge in [0.2, 0.25) is 0 Å². The Kier molecular flexibility index (Phi) is 8.61. The van der Waals surface area contributed by atoms with E-state index < -0.39 is 16.9 Å². The molecular formula is C17H19Cl2F2N3O. The van der Waals surface area contributed by atoms with Gasteiger partial charge in [-0.05, 0) is 48.2 Å². The Hall–Kier alpha value is -1.89. The molecule has 136 valence electrons. The third-order valence-electron chi connectivity index (χ3n) is 3.43. The van der Waals surface area contributed by atoms with E-state index in [-0.39, 0.29) is 28.8 Å². The molecule has 0 saturated heterocycles. The summed E-state index contributed by atoms with van der Waals surface area (Å²) in [5.41, 5.74) is 6.76. The van der Waals surface area contributed by atoms with Crippen LogP contribution in [0.15, 0.2) is 51.9 Å². The number of halogens is 4. The van der Waals surface area contributed by atoms with Crippen molar-refractivity contribution in [2.45, 2.75) is 6.42 Å². The average molecular weight is 390 g/mol. The van der Waals surface area contributed by atoms with Crippen LogP contribution in [0.3, 0.4) is 0 Å². The summed E-state index contributed by atoms with van der Waals surface area (Å²) in [5.74, 6) is -2.05. The van der Waals surface area contributed by atoms with Gasteiger partial charge in [-0.2, -0.15) is 0 Å². The zero-order chi connectivity index (χ0) is 19.0. The van der Waals surface area contributed by atoms with Crippen LogP contribution < -0.4 is 11.1 Å². The molecule has 5 N–H and O–H groups in total. The third kappa shape index (κ3) is 6.16. The lowest BCUT2D eigenvalue weighted by molar-refractivity contribution is 0.448. The van der Waals surface area contributed by atoms with Crippen LogP contribution in [0.4, 0.5) is 8.78 Å². The fraction of sp³-hybridized carbons (Fsp3) is 0.235. The number of allylic oxidation sites excluding steroid dienone is 2. The average Bonchev–Trinajstić information content (AvgIpc) is 2.59. The molecule has 1 aromatic carbocycles. The molecule has 4 nitrogen and oxygen atoms in total. The number of aliphatic hydroxyl groups is 1. The molecule has 0 amide bonds. The minimum Gasteiger partial charge on any atom is -0.498 e. The number of hydrogen-bond acceptors (Lipinski definition) is 4. The molecule has 0 radical (unpaired) electrons. The number of aliphatic hydroxyl groups excluding tert-OH is 1. The second-order valence-electron chi connectivity index (χ2n) is 5.13.